The Bertz CT molecular complexity index is 926. The Morgan fingerprint density at radius 3 is 2.54 bits per heavy atom. The normalized spacial score (nSPS) is 11.7. The maximum atomic E-state index is 13.8. The Hall–Kier alpha value is -2.34. The van der Waals surface area contributed by atoms with E-state index in [2.05, 4.69) is 4.74 Å². The van der Waals surface area contributed by atoms with E-state index < -0.39 is 17.7 Å². The predicted molar refractivity (Wildman–Crippen MR) is 88.1 cm³/mol. The van der Waals surface area contributed by atoms with E-state index in [-0.39, 0.29) is 11.1 Å². The number of esters is 1. The van der Waals surface area contributed by atoms with Gasteiger partial charge in [0.15, 0.2) is 0 Å². The Labute approximate surface area is 140 Å². The van der Waals surface area contributed by atoms with Crippen molar-refractivity contribution in [1.82, 2.24) is 0 Å². The third-order valence-corrected chi connectivity index (χ3v) is 4.79. The van der Waals surface area contributed by atoms with Crippen molar-refractivity contribution in [2.24, 2.45) is 0 Å². The van der Waals surface area contributed by atoms with Crippen molar-refractivity contribution >= 4 is 27.4 Å². The number of thiophene rings is 1. The second-order valence-electron chi connectivity index (χ2n) is 5.43. The first kappa shape index (κ1) is 16.5. The van der Waals surface area contributed by atoms with E-state index in [1.165, 1.54) is 24.5 Å². The van der Waals surface area contributed by atoms with Crippen LogP contribution in [0.1, 0.15) is 22.8 Å². The average Bonchev–Trinajstić information content (AvgIpc) is 2.96. The van der Waals surface area contributed by atoms with Crippen LogP contribution in [0.3, 0.4) is 0 Å². The molecule has 2 nitrogen and oxygen atoms in total. The number of hydrogen-bond acceptors (Lipinski definition) is 3. The molecule has 0 unspecified atom stereocenters. The van der Waals surface area contributed by atoms with E-state index in [0.29, 0.717) is 10.4 Å². The lowest BCUT2D eigenvalue weighted by atomic mass is 10.0. The maximum absolute atomic E-state index is 13.8. The molecule has 0 amide bonds. The van der Waals surface area contributed by atoms with Gasteiger partial charge in [-0.2, -0.15) is 0 Å². The van der Waals surface area contributed by atoms with Crippen LogP contribution in [-0.4, -0.2) is 13.1 Å². The molecule has 6 heteroatoms. The van der Waals surface area contributed by atoms with Crippen LogP contribution in [0.4, 0.5) is 13.2 Å². The Morgan fingerprint density at radius 1 is 1.12 bits per heavy atom. The van der Waals surface area contributed by atoms with Crippen molar-refractivity contribution < 1.29 is 22.7 Å². The number of fused-ring (bicyclic) bond motifs is 1. The zero-order valence-corrected chi connectivity index (χ0v) is 13.7. The number of methoxy groups -OCH3 is 1. The van der Waals surface area contributed by atoms with Crippen molar-refractivity contribution in [3.05, 3.63) is 59.4 Å². The molecule has 0 atom stereocenters. The highest BCUT2D eigenvalue weighted by Gasteiger charge is 2.29. The molecule has 0 spiro atoms. The van der Waals surface area contributed by atoms with Gasteiger partial charge in [-0.05, 0) is 35.7 Å². The second-order valence-corrected chi connectivity index (χ2v) is 6.52. The summed E-state index contributed by atoms with van der Waals surface area (Å²) in [5, 5.41) is 0.817. The highest BCUT2D eigenvalue weighted by molar-refractivity contribution is 7.22. The van der Waals surface area contributed by atoms with Crippen LogP contribution in [-0.2, 0) is 10.7 Å². The van der Waals surface area contributed by atoms with Gasteiger partial charge in [-0.1, -0.05) is 12.1 Å². The number of halogens is 3. The molecule has 0 saturated heterocycles. The fourth-order valence-electron chi connectivity index (χ4n) is 2.50. The van der Waals surface area contributed by atoms with Gasteiger partial charge in [0.2, 0.25) is 0 Å². The van der Waals surface area contributed by atoms with Crippen LogP contribution < -0.4 is 0 Å². The van der Waals surface area contributed by atoms with E-state index in [4.69, 9.17) is 0 Å². The van der Waals surface area contributed by atoms with Crippen LogP contribution in [0.25, 0.3) is 20.5 Å². The minimum Gasteiger partial charge on any atom is -0.465 e. The molecule has 1 aromatic heterocycles. The minimum absolute atomic E-state index is 0.282. The highest BCUT2D eigenvalue weighted by atomic mass is 32.1. The van der Waals surface area contributed by atoms with Crippen LogP contribution in [0, 0.1) is 5.82 Å². The summed E-state index contributed by atoms with van der Waals surface area (Å²) in [6.45, 7) is 0.744. The summed E-state index contributed by atoms with van der Waals surface area (Å²) in [6, 6.07) is 10.1. The van der Waals surface area contributed by atoms with Crippen molar-refractivity contribution in [1.29, 1.82) is 0 Å². The van der Waals surface area contributed by atoms with E-state index in [9.17, 15) is 18.0 Å². The minimum atomic E-state index is -3.16. The molecular weight excluding hydrogens is 337 g/mol. The lowest BCUT2D eigenvalue weighted by Crippen LogP contribution is -2.09. The summed E-state index contributed by atoms with van der Waals surface area (Å²) in [4.78, 5) is 12.2. The lowest BCUT2D eigenvalue weighted by Gasteiger charge is -2.15. The van der Waals surface area contributed by atoms with Crippen LogP contribution in [0.5, 0.6) is 0 Å². The predicted octanol–water partition coefficient (Wildman–Crippen LogP) is 5.61. The molecule has 3 aromatic rings. The molecule has 0 aliphatic rings. The SMILES string of the molecule is COC(=O)c1ccc2cc(-c3ccc(F)cc3C(C)(F)F)sc2c1. The quantitative estimate of drug-likeness (QED) is 0.574. The summed E-state index contributed by atoms with van der Waals surface area (Å²) in [5.74, 6) is -4.33. The fourth-order valence-corrected chi connectivity index (χ4v) is 3.64. The number of carbonyl (C=O) groups excluding carboxylic acids is 1. The van der Waals surface area contributed by atoms with Crippen LogP contribution in [0.2, 0.25) is 0 Å². The Morgan fingerprint density at radius 2 is 1.88 bits per heavy atom. The first-order valence-corrected chi connectivity index (χ1v) is 7.91. The van der Waals surface area contributed by atoms with Crippen molar-refractivity contribution in [2.75, 3.05) is 7.11 Å². The van der Waals surface area contributed by atoms with Gasteiger partial charge in [0.25, 0.3) is 5.92 Å². The molecule has 0 bridgehead atoms. The van der Waals surface area contributed by atoms with E-state index >= 15 is 0 Å². The zero-order chi connectivity index (χ0) is 17.5. The van der Waals surface area contributed by atoms with Crippen LogP contribution in [0.15, 0.2) is 42.5 Å². The largest absolute Gasteiger partial charge is 0.465 e. The first-order valence-electron chi connectivity index (χ1n) is 7.10. The highest BCUT2D eigenvalue weighted by Crippen LogP contribution is 2.41. The van der Waals surface area contributed by atoms with Gasteiger partial charge in [-0.15, -0.1) is 11.3 Å². The average molecular weight is 350 g/mol. The number of ether oxygens (including phenoxy) is 1. The summed E-state index contributed by atoms with van der Waals surface area (Å²) >= 11 is 1.27. The number of carbonyl (C=O) groups is 1. The summed E-state index contributed by atoms with van der Waals surface area (Å²) in [6.07, 6.45) is 0. The van der Waals surface area contributed by atoms with E-state index in [1.54, 1.807) is 24.3 Å². The molecule has 124 valence electrons. The van der Waals surface area contributed by atoms with Gasteiger partial charge in [0.1, 0.15) is 5.82 Å². The number of benzene rings is 2. The molecular formula is C18H13F3O2S. The Kier molecular flexibility index (Phi) is 4.09. The van der Waals surface area contributed by atoms with Crippen molar-refractivity contribution in [2.45, 2.75) is 12.8 Å². The molecule has 24 heavy (non-hydrogen) atoms. The van der Waals surface area contributed by atoms with Gasteiger partial charge < -0.3 is 4.74 Å². The lowest BCUT2D eigenvalue weighted by molar-refractivity contribution is 0.0178. The molecule has 3 rings (SSSR count). The van der Waals surface area contributed by atoms with Gasteiger partial charge in [-0.25, -0.2) is 18.0 Å². The first-order chi connectivity index (χ1) is 11.3. The fraction of sp³-hybridized carbons (Fsp3) is 0.167. The number of hydrogen-bond donors (Lipinski definition) is 0. The van der Waals surface area contributed by atoms with E-state index in [0.717, 1.165) is 29.1 Å². The smallest absolute Gasteiger partial charge is 0.337 e. The van der Waals surface area contributed by atoms with Gasteiger partial charge in [0, 0.05) is 27.6 Å². The van der Waals surface area contributed by atoms with Gasteiger partial charge in [0.05, 0.1) is 12.7 Å². The zero-order valence-electron chi connectivity index (χ0n) is 12.9. The molecule has 2 aromatic carbocycles. The molecule has 0 N–H and O–H groups in total. The summed E-state index contributed by atoms with van der Waals surface area (Å²) in [7, 11) is 1.29. The summed E-state index contributed by atoms with van der Waals surface area (Å²) in [5.41, 5.74) is 0.311. The second kappa shape index (κ2) is 5.94. The van der Waals surface area contributed by atoms with Gasteiger partial charge >= 0.3 is 5.97 Å². The Balaban J connectivity index is 2.15. The maximum Gasteiger partial charge on any atom is 0.337 e. The molecule has 1 heterocycles. The van der Waals surface area contributed by atoms with Crippen LogP contribution >= 0.6 is 11.3 Å². The monoisotopic (exact) mass is 350 g/mol. The van der Waals surface area contributed by atoms with Gasteiger partial charge in [-0.3, -0.25) is 0 Å². The standard InChI is InChI=1S/C18H13F3O2S/c1-18(20,21)14-9-12(19)5-6-13(14)16-7-10-3-4-11(17(22)23-2)8-15(10)24-16/h3-9H,1-2H3. The number of alkyl halides is 2. The van der Waals surface area contributed by atoms with Crippen molar-refractivity contribution in [3.63, 3.8) is 0 Å². The topological polar surface area (TPSA) is 26.3 Å². The third kappa shape index (κ3) is 3.01. The number of rotatable bonds is 3. The summed E-state index contributed by atoms with van der Waals surface area (Å²) < 4.78 is 46.5. The molecule has 0 saturated carbocycles. The molecule has 0 fully saturated rings. The van der Waals surface area contributed by atoms with Crippen molar-refractivity contribution in [3.8, 4) is 10.4 Å². The molecule has 0 aliphatic heterocycles. The van der Waals surface area contributed by atoms with E-state index in [1.807, 2.05) is 0 Å². The molecule has 0 aliphatic carbocycles. The third-order valence-electron chi connectivity index (χ3n) is 3.66. The molecule has 0 radical (unpaired) electrons.